The SMILES string of the molecule is C=C.C=CC(=O)OCCCCCCCCCCCCCCCC.C=CC(=O)OCCCCCCCCCCCCCCCCCC. The summed E-state index contributed by atoms with van der Waals surface area (Å²) in [5.74, 6) is -0.601. The summed E-state index contributed by atoms with van der Waals surface area (Å²) in [6, 6.07) is 0. The summed E-state index contributed by atoms with van der Waals surface area (Å²) in [7, 11) is 0. The summed E-state index contributed by atoms with van der Waals surface area (Å²) in [5.41, 5.74) is 0. The van der Waals surface area contributed by atoms with Crippen molar-refractivity contribution < 1.29 is 19.1 Å². The summed E-state index contributed by atoms with van der Waals surface area (Å²) < 4.78 is 9.89. The van der Waals surface area contributed by atoms with Gasteiger partial charge in [0.1, 0.15) is 0 Å². The molecule has 0 aromatic rings. The second-order valence-corrected chi connectivity index (χ2v) is 12.6. The van der Waals surface area contributed by atoms with Gasteiger partial charge in [0.15, 0.2) is 0 Å². The molecule has 46 heavy (non-hydrogen) atoms. The average Bonchev–Trinajstić information content (AvgIpc) is 3.08. The van der Waals surface area contributed by atoms with Crippen LogP contribution < -0.4 is 0 Å². The highest BCUT2D eigenvalue weighted by molar-refractivity contribution is 5.81. The van der Waals surface area contributed by atoms with E-state index in [0.717, 1.165) is 12.8 Å². The van der Waals surface area contributed by atoms with Crippen molar-refractivity contribution >= 4 is 11.9 Å². The van der Waals surface area contributed by atoms with E-state index in [1.807, 2.05) is 0 Å². The Kier molecular flexibility index (Phi) is 50.2. The summed E-state index contributed by atoms with van der Waals surface area (Å²) in [6.45, 7) is 18.4. The lowest BCUT2D eigenvalue weighted by Crippen LogP contribution is -2.01. The lowest BCUT2D eigenvalue weighted by Gasteiger charge is -2.04. The van der Waals surface area contributed by atoms with E-state index < -0.39 is 0 Å². The molecule has 0 fully saturated rings. The van der Waals surface area contributed by atoms with E-state index in [4.69, 9.17) is 9.47 Å². The fraction of sp³-hybridized carbons (Fsp3) is 0.810. The van der Waals surface area contributed by atoms with Gasteiger partial charge < -0.3 is 9.47 Å². The molecular weight excluding hydrogens is 568 g/mol. The van der Waals surface area contributed by atoms with Crippen molar-refractivity contribution in [1.82, 2.24) is 0 Å². The minimum absolute atomic E-state index is 0.300. The Morgan fingerprint density at radius 1 is 0.370 bits per heavy atom. The van der Waals surface area contributed by atoms with E-state index in [-0.39, 0.29) is 11.9 Å². The monoisotopic (exact) mass is 649 g/mol. The minimum atomic E-state index is -0.301. The first-order valence-corrected chi connectivity index (χ1v) is 19.7. The van der Waals surface area contributed by atoms with E-state index in [1.54, 1.807) is 0 Å². The maximum absolute atomic E-state index is 10.8. The van der Waals surface area contributed by atoms with E-state index in [0.29, 0.717) is 13.2 Å². The third-order valence-electron chi connectivity index (χ3n) is 8.32. The maximum atomic E-state index is 10.8. The van der Waals surface area contributed by atoms with Gasteiger partial charge in [0, 0.05) is 12.2 Å². The number of rotatable bonds is 34. The molecule has 4 nitrogen and oxygen atoms in total. The van der Waals surface area contributed by atoms with Crippen molar-refractivity contribution in [3.05, 3.63) is 38.5 Å². The van der Waals surface area contributed by atoms with Crippen LogP contribution in [0.5, 0.6) is 0 Å². The Labute approximate surface area is 288 Å². The van der Waals surface area contributed by atoms with Gasteiger partial charge in [-0.15, -0.1) is 13.2 Å². The zero-order chi connectivity index (χ0) is 34.6. The predicted octanol–water partition coefficient (Wildman–Crippen LogP) is 14.0. The molecule has 0 aromatic heterocycles. The van der Waals surface area contributed by atoms with E-state index in [9.17, 15) is 9.59 Å². The van der Waals surface area contributed by atoms with Crippen molar-refractivity contribution in [3.63, 3.8) is 0 Å². The highest BCUT2D eigenvalue weighted by Crippen LogP contribution is 2.14. The molecule has 0 aromatic carbocycles. The number of hydrogen-bond acceptors (Lipinski definition) is 4. The van der Waals surface area contributed by atoms with Gasteiger partial charge >= 0.3 is 11.9 Å². The first-order chi connectivity index (χ1) is 22.6. The van der Waals surface area contributed by atoms with Gasteiger partial charge in [0.2, 0.25) is 0 Å². The Morgan fingerprint density at radius 3 is 0.717 bits per heavy atom. The van der Waals surface area contributed by atoms with Crippen LogP contribution in [0, 0.1) is 0 Å². The molecule has 0 spiro atoms. The Balaban J connectivity index is -0.000000765. The van der Waals surface area contributed by atoms with Gasteiger partial charge in [-0.2, -0.15) is 0 Å². The van der Waals surface area contributed by atoms with Crippen LogP contribution in [0.4, 0.5) is 0 Å². The van der Waals surface area contributed by atoms with Gasteiger partial charge in [-0.1, -0.05) is 207 Å². The fourth-order valence-corrected chi connectivity index (χ4v) is 5.41. The Morgan fingerprint density at radius 2 is 0.543 bits per heavy atom. The largest absolute Gasteiger partial charge is 0.463 e. The predicted molar refractivity (Wildman–Crippen MR) is 203 cm³/mol. The molecule has 0 saturated heterocycles. The fourth-order valence-electron chi connectivity index (χ4n) is 5.41. The van der Waals surface area contributed by atoms with Crippen LogP contribution in [0.25, 0.3) is 0 Å². The number of hydrogen-bond donors (Lipinski definition) is 0. The molecular formula is C42H80O4. The van der Waals surface area contributed by atoms with Crippen molar-refractivity contribution in [2.24, 2.45) is 0 Å². The lowest BCUT2D eigenvalue weighted by atomic mass is 10.0. The molecule has 0 N–H and O–H groups in total. The molecule has 0 aliphatic heterocycles. The smallest absolute Gasteiger partial charge is 0.330 e. The summed E-state index contributed by atoms with van der Waals surface area (Å²) in [4.78, 5) is 21.6. The van der Waals surface area contributed by atoms with Crippen molar-refractivity contribution in [2.75, 3.05) is 13.2 Å². The zero-order valence-electron chi connectivity index (χ0n) is 31.2. The molecule has 0 heterocycles. The molecule has 0 amide bonds. The lowest BCUT2D eigenvalue weighted by molar-refractivity contribution is -0.138. The van der Waals surface area contributed by atoms with Crippen LogP contribution in [0.2, 0.25) is 0 Å². The molecule has 0 rings (SSSR count). The molecule has 0 unspecified atom stereocenters. The highest BCUT2D eigenvalue weighted by atomic mass is 16.5. The van der Waals surface area contributed by atoms with Crippen molar-refractivity contribution in [2.45, 2.75) is 206 Å². The minimum Gasteiger partial charge on any atom is -0.463 e. The molecule has 0 aliphatic rings. The van der Waals surface area contributed by atoms with Crippen molar-refractivity contribution in [1.29, 1.82) is 0 Å². The van der Waals surface area contributed by atoms with Crippen LogP contribution in [0.3, 0.4) is 0 Å². The van der Waals surface area contributed by atoms with Crippen LogP contribution in [-0.4, -0.2) is 25.2 Å². The van der Waals surface area contributed by atoms with Crippen LogP contribution in [0.15, 0.2) is 38.5 Å². The van der Waals surface area contributed by atoms with Crippen LogP contribution in [0.1, 0.15) is 206 Å². The van der Waals surface area contributed by atoms with Gasteiger partial charge in [-0.25, -0.2) is 9.59 Å². The topological polar surface area (TPSA) is 52.6 Å². The molecule has 0 radical (unpaired) electrons. The number of carbonyl (C=O) groups excluding carboxylic acids is 2. The summed E-state index contributed by atoms with van der Waals surface area (Å²) in [5, 5.41) is 0. The molecule has 4 heteroatoms. The van der Waals surface area contributed by atoms with Gasteiger partial charge in [-0.3, -0.25) is 0 Å². The number of unbranched alkanes of at least 4 members (excludes halogenated alkanes) is 28. The number of ether oxygens (including phenoxy) is 2. The molecule has 0 aliphatic carbocycles. The highest BCUT2D eigenvalue weighted by Gasteiger charge is 1.98. The molecule has 0 atom stereocenters. The van der Waals surface area contributed by atoms with E-state index in [1.165, 1.54) is 192 Å². The van der Waals surface area contributed by atoms with E-state index in [2.05, 4.69) is 40.2 Å². The molecule has 0 bridgehead atoms. The second-order valence-electron chi connectivity index (χ2n) is 12.6. The zero-order valence-corrected chi connectivity index (χ0v) is 31.2. The quantitative estimate of drug-likeness (QED) is 0.0301. The first-order valence-electron chi connectivity index (χ1n) is 19.7. The molecule has 0 saturated carbocycles. The van der Waals surface area contributed by atoms with Gasteiger partial charge in [0.05, 0.1) is 13.2 Å². The van der Waals surface area contributed by atoms with E-state index >= 15 is 0 Å². The van der Waals surface area contributed by atoms with Crippen LogP contribution in [-0.2, 0) is 19.1 Å². The average molecular weight is 649 g/mol. The third-order valence-corrected chi connectivity index (χ3v) is 8.32. The van der Waals surface area contributed by atoms with Gasteiger partial charge in [-0.05, 0) is 12.8 Å². The first kappa shape index (κ1) is 48.6. The number of esters is 2. The molecule has 272 valence electrons. The number of carbonyl (C=O) groups is 2. The normalized spacial score (nSPS) is 10.2. The second kappa shape index (κ2) is 47.6. The Bertz CT molecular complexity index is 615. The standard InChI is InChI=1S/C21H40O2.C19H36O2.C2H4/c1-3-5-6-7-8-9-10-11-12-13-14-15-16-17-18-19-20-23-21(22)4-2;1-3-5-6-7-8-9-10-11-12-13-14-15-16-17-18-21-19(20)4-2;1-2/h4H,2-3,5-20H2,1H3;4H,2-3,5-18H2,1H3;1-2H2. The van der Waals surface area contributed by atoms with Gasteiger partial charge in [0.25, 0.3) is 0 Å². The summed E-state index contributed by atoms with van der Waals surface area (Å²) >= 11 is 0. The van der Waals surface area contributed by atoms with Crippen molar-refractivity contribution in [3.8, 4) is 0 Å². The Hall–Kier alpha value is -1.84. The summed E-state index contributed by atoms with van der Waals surface area (Å²) in [6.07, 6.45) is 43.0. The van der Waals surface area contributed by atoms with Crippen LogP contribution >= 0.6 is 0 Å². The third kappa shape index (κ3) is 49.0. The maximum Gasteiger partial charge on any atom is 0.330 e.